The maximum atomic E-state index is 13.0. The van der Waals surface area contributed by atoms with Gasteiger partial charge in [0.25, 0.3) is 5.91 Å². The second-order valence-electron chi connectivity index (χ2n) is 6.89. The summed E-state index contributed by atoms with van der Waals surface area (Å²) in [6.07, 6.45) is 0. The average molecular weight is 385 g/mol. The number of benzene rings is 1. The van der Waals surface area contributed by atoms with Gasteiger partial charge in [-0.15, -0.1) is 11.3 Å². The van der Waals surface area contributed by atoms with Crippen LogP contribution in [0.5, 0.6) is 0 Å². The van der Waals surface area contributed by atoms with Gasteiger partial charge in [0.15, 0.2) is 0 Å². The van der Waals surface area contributed by atoms with Crippen molar-refractivity contribution in [2.45, 2.75) is 13.0 Å². The van der Waals surface area contributed by atoms with Crippen LogP contribution in [0.2, 0.25) is 0 Å². The van der Waals surface area contributed by atoms with Crippen LogP contribution >= 0.6 is 11.3 Å². The molecule has 1 amide bonds. The first kappa shape index (κ1) is 18.2. The summed E-state index contributed by atoms with van der Waals surface area (Å²) in [7, 11) is 1.92. The van der Waals surface area contributed by atoms with Crippen molar-refractivity contribution in [3.63, 3.8) is 0 Å². The fourth-order valence-corrected chi connectivity index (χ4v) is 4.53. The molecule has 2 aromatic heterocycles. The third-order valence-corrected chi connectivity index (χ3v) is 6.17. The summed E-state index contributed by atoms with van der Waals surface area (Å²) in [6.45, 7) is 6.04. The Hall–Kier alpha value is -2.22. The Bertz CT molecular complexity index is 894. The van der Waals surface area contributed by atoms with Gasteiger partial charge in [0.05, 0.1) is 29.8 Å². The molecule has 0 radical (unpaired) electrons. The number of carbonyl (C=O) groups is 1. The molecular formula is C20H24N4O2S. The van der Waals surface area contributed by atoms with E-state index < -0.39 is 0 Å². The van der Waals surface area contributed by atoms with Crippen molar-refractivity contribution in [1.82, 2.24) is 20.0 Å². The van der Waals surface area contributed by atoms with Crippen molar-refractivity contribution < 1.29 is 9.53 Å². The largest absolute Gasteiger partial charge is 0.379 e. The van der Waals surface area contributed by atoms with Crippen LogP contribution in [0.4, 0.5) is 0 Å². The van der Waals surface area contributed by atoms with Crippen molar-refractivity contribution >= 4 is 27.5 Å². The highest BCUT2D eigenvalue weighted by atomic mass is 32.1. The summed E-state index contributed by atoms with van der Waals surface area (Å²) in [5, 5.41) is 8.71. The lowest BCUT2D eigenvalue weighted by atomic mass is 10.1. The molecule has 142 valence electrons. The van der Waals surface area contributed by atoms with E-state index in [1.807, 2.05) is 42.9 Å². The Morgan fingerprint density at radius 1 is 1.30 bits per heavy atom. The van der Waals surface area contributed by atoms with Crippen LogP contribution in [-0.2, 0) is 11.8 Å². The fraction of sp³-hybridized carbons (Fsp3) is 0.400. The molecule has 0 aliphatic carbocycles. The Balaban J connectivity index is 1.55. The van der Waals surface area contributed by atoms with Gasteiger partial charge in [-0.3, -0.25) is 14.4 Å². The van der Waals surface area contributed by atoms with E-state index >= 15 is 0 Å². The average Bonchev–Trinajstić information content (AvgIpc) is 3.24. The predicted molar refractivity (Wildman–Crippen MR) is 107 cm³/mol. The molecule has 6 nitrogen and oxygen atoms in total. The number of fused-ring (bicyclic) bond motifs is 1. The maximum Gasteiger partial charge on any atom is 0.261 e. The molecule has 1 aliphatic rings. The third kappa shape index (κ3) is 3.90. The highest BCUT2D eigenvalue weighted by Crippen LogP contribution is 2.28. The predicted octanol–water partition coefficient (Wildman–Crippen LogP) is 2.75. The molecule has 1 atom stereocenters. The molecule has 1 aromatic carbocycles. The number of amides is 1. The lowest BCUT2D eigenvalue weighted by Crippen LogP contribution is -2.43. The van der Waals surface area contributed by atoms with E-state index in [9.17, 15) is 4.79 Å². The smallest absolute Gasteiger partial charge is 0.261 e. The molecule has 7 heteroatoms. The number of ether oxygens (including phenoxy) is 1. The Morgan fingerprint density at radius 3 is 2.74 bits per heavy atom. The number of hydrogen-bond acceptors (Lipinski definition) is 5. The van der Waals surface area contributed by atoms with Crippen molar-refractivity contribution in [1.29, 1.82) is 0 Å². The molecule has 3 heterocycles. The van der Waals surface area contributed by atoms with Gasteiger partial charge < -0.3 is 10.1 Å². The number of morpholine rings is 1. The summed E-state index contributed by atoms with van der Waals surface area (Å²) in [5.74, 6) is -0.0299. The summed E-state index contributed by atoms with van der Waals surface area (Å²) in [4.78, 5) is 17.1. The fourth-order valence-electron chi connectivity index (χ4n) is 3.51. The second kappa shape index (κ2) is 7.80. The minimum absolute atomic E-state index is 0.0299. The first-order valence-electron chi connectivity index (χ1n) is 9.21. The Labute approximate surface area is 162 Å². The van der Waals surface area contributed by atoms with E-state index in [0.29, 0.717) is 0 Å². The lowest BCUT2D eigenvalue weighted by molar-refractivity contribution is 0.0332. The van der Waals surface area contributed by atoms with Crippen LogP contribution in [0.1, 0.15) is 27.0 Å². The SMILES string of the molecule is Cc1nn(C)c2sc(C(=O)N[C@@H](CN3CCOCC3)c3ccccc3)cc12. The quantitative estimate of drug-likeness (QED) is 0.735. The van der Waals surface area contributed by atoms with Crippen molar-refractivity contribution in [2.24, 2.45) is 7.05 Å². The molecule has 0 spiro atoms. The zero-order valence-electron chi connectivity index (χ0n) is 15.6. The van der Waals surface area contributed by atoms with Crippen LogP contribution < -0.4 is 5.32 Å². The highest BCUT2D eigenvalue weighted by Gasteiger charge is 2.22. The molecule has 1 saturated heterocycles. The number of hydrogen-bond donors (Lipinski definition) is 1. The van der Waals surface area contributed by atoms with Gasteiger partial charge >= 0.3 is 0 Å². The van der Waals surface area contributed by atoms with Gasteiger partial charge in [0.2, 0.25) is 0 Å². The third-order valence-electron chi connectivity index (χ3n) is 4.97. The standard InChI is InChI=1S/C20H24N4O2S/c1-14-16-12-18(27-20(16)23(2)22-14)19(25)21-17(15-6-4-3-5-7-15)13-24-8-10-26-11-9-24/h3-7,12,17H,8-11,13H2,1-2H3,(H,21,25)/t17-/m0/s1. The molecule has 1 aliphatic heterocycles. The molecule has 0 bridgehead atoms. The number of aromatic nitrogens is 2. The first-order valence-corrected chi connectivity index (χ1v) is 10.0. The van der Waals surface area contributed by atoms with E-state index in [0.717, 1.165) is 59.2 Å². The van der Waals surface area contributed by atoms with Gasteiger partial charge in [0.1, 0.15) is 4.83 Å². The monoisotopic (exact) mass is 384 g/mol. The van der Waals surface area contributed by atoms with Crippen LogP contribution in [-0.4, -0.2) is 53.4 Å². The van der Waals surface area contributed by atoms with Crippen LogP contribution in [0, 0.1) is 6.92 Å². The van der Waals surface area contributed by atoms with E-state index in [1.165, 1.54) is 11.3 Å². The Kier molecular flexibility index (Phi) is 5.24. The number of nitrogens with one attached hydrogen (secondary N) is 1. The number of carbonyl (C=O) groups excluding carboxylic acids is 1. The molecule has 0 unspecified atom stereocenters. The van der Waals surface area contributed by atoms with Crippen molar-refractivity contribution in [3.05, 3.63) is 52.5 Å². The molecule has 4 rings (SSSR count). The summed E-state index contributed by atoms with van der Waals surface area (Å²) < 4.78 is 7.29. The Morgan fingerprint density at radius 2 is 2.04 bits per heavy atom. The molecule has 3 aromatic rings. The van der Waals surface area contributed by atoms with Gasteiger partial charge in [-0.25, -0.2) is 0 Å². The molecule has 1 N–H and O–H groups in total. The summed E-state index contributed by atoms with van der Waals surface area (Å²) in [5.41, 5.74) is 2.08. The van der Waals surface area contributed by atoms with E-state index in [1.54, 1.807) is 0 Å². The van der Waals surface area contributed by atoms with Crippen molar-refractivity contribution in [2.75, 3.05) is 32.8 Å². The molecule has 0 saturated carbocycles. The second-order valence-corrected chi connectivity index (χ2v) is 7.92. The van der Waals surface area contributed by atoms with Gasteiger partial charge in [-0.1, -0.05) is 30.3 Å². The number of rotatable bonds is 5. The minimum Gasteiger partial charge on any atom is -0.379 e. The number of nitrogens with zero attached hydrogens (tertiary/aromatic N) is 3. The summed E-state index contributed by atoms with van der Waals surface area (Å²) in [6, 6.07) is 12.1. The van der Waals surface area contributed by atoms with Gasteiger partial charge in [-0.05, 0) is 18.6 Å². The topological polar surface area (TPSA) is 59.4 Å². The van der Waals surface area contributed by atoms with Crippen LogP contribution in [0.25, 0.3) is 10.2 Å². The summed E-state index contributed by atoms with van der Waals surface area (Å²) >= 11 is 1.49. The normalized spacial score (nSPS) is 16.5. The van der Waals surface area contributed by atoms with Crippen molar-refractivity contribution in [3.8, 4) is 0 Å². The number of thiophene rings is 1. The van der Waals surface area contributed by atoms with Crippen LogP contribution in [0.3, 0.4) is 0 Å². The zero-order chi connectivity index (χ0) is 18.8. The van der Waals surface area contributed by atoms with Gasteiger partial charge in [0, 0.05) is 32.1 Å². The van der Waals surface area contributed by atoms with E-state index in [4.69, 9.17) is 4.74 Å². The zero-order valence-corrected chi connectivity index (χ0v) is 16.5. The lowest BCUT2D eigenvalue weighted by Gasteiger charge is -2.31. The molecule has 1 fully saturated rings. The van der Waals surface area contributed by atoms with Gasteiger partial charge in [-0.2, -0.15) is 5.10 Å². The number of aryl methyl sites for hydroxylation is 2. The maximum absolute atomic E-state index is 13.0. The van der Waals surface area contributed by atoms with E-state index in [2.05, 4.69) is 27.4 Å². The highest BCUT2D eigenvalue weighted by molar-refractivity contribution is 7.20. The van der Waals surface area contributed by atoms with E-state index in [-0.39, 0.29) is 11.9 Å². The molecule has 27 heavy (non-hydrogen) atoms. The minimum atomic E-state index is -0.0544. The molecular weight excluding hydrogens is 360 g/mol. The van der Waals surface area contributed by atoms with Crippen LogP contribution in [0.15, 0.2) is 36.4 Å². The first-order chi connectivity index (χ1) is 13.1.